The molecule has 0 amide bonds. The van der Waals surface area contributed by atoms with Crippen molar-refractivity contribution in [2.45, 2.75) is 71.6 Å². The monoisotopic (exact) mass is 539 g/mol. The van der Waals surface area contributed by atoms with Crippen molar-refractivity contribution in [3.63, 3.8) is 0 Å². The van der Waals surface area contributed by atoms with Crippen LogP contribution in [0.5, 0.6) is 5.88 Å². The zero-order valence-electron chi connectivity index (χ0n) is 22.6. The summed E-state index contributed by atoms with van der Waals surface area (Å²) in [5.41, 5.74) is -0.769. The fourth-order valence-corrected chi connectivity index (χ4v) is 8.55. The molecule has 1 aromatic carbocycles. The van der Waals surface area contributed by atoms with E-state index in [-0.39, 0.29) is 41.4 Å². The molecular formula is C30H34ClNO6. The average molecular weight is 540 g/mol. The summed E-state index contributed by atoms with van der Waals surface area (Å²) in [4.78, 5) is 14.8. The summed E-state index contributed by atoms with van der Waals surface area (Å²) in [7, 11) is 0. The van der Waals surface area contributed by atoms with E-state index in [0.29, 0.717) is 21.9 Å². The van der Waals surface area contributed by atoms with Crippen LogP contribution >= 0.6 is 11.6 Å². The third-order valence-corrected chi connectivity index (χ3v) is 10.5. The van der Waals surface area contributed by atoms with Crippen LogP contribution in [0, 0.1) is 34.5 Å². The van der Waals surface area contributed by atoms with E-state index in [1.807, 2.05) is 26.8 Å². The molecule has 5 aliphatic rings. The van der Waals surface area contributed by atoms with Crippen molar-refractivity contribution < 1.29 is 28.6 Å². The number of hydrogen-bond donors (Lipinski definition) is 1. The molecule has 0 unspecified atom stereocenters. The van der Waals surface area contributed by atoms with Crippen LogP contribution in [0.4, 0.5) is 0 Å². The van der Waals surface area contributed by atoms with Crippen molar-refractivity contribution in [2.75, 3.05) is 6.61 Å². The number of fused-ring (bicyclic) bond motifs is 6. The Hall–Kier alpha value is -2.19. The lowest BCUT2D eigenvalue weighted by atomic mass is 9.59. The molecule has 8 atom stereocenters. The maximum absolute atomic E-state index is 14.8. The van der Waals surface area contributed by atoms with Crippen LogP contribution in [0.25, 0.3) is 11.0 Å². The van der Waals surface area contributed by atoms with Gasteiger partial charge in [-0.05, 0) is 78.8 Å². The lowest BCUT2D eigenvalue weighted by Gasteiger charge is -2.52. The number of nitrogens with zero attached hydrogens (tertiary/aromatic N) is 1. The summed E-state index contributed by atoms with van der Waals surface area (Å²) >= 11 is 6.15. The Morgan fingerprint density at radius 3 is 2.74 bits per heavy atom. The van der Waals surface area contributed by atoms with E-state index in [1.54, 1.807) is 18.2 Å². The molecule has 8 heteroatoms. The third-order valence-electron chi connectivity index (χ3n) is 10.3. The fourth-order valence-electron chi connectivity index (χ4n) is 8.38. The van der Waals surface area contributed by atoms with Gasteiger partial charge in [0.15, 0.2) is 28.9 Å². The van der Waals surface area contributed by atoms with Crippen LogP contribution in [-0.2, 0) is 14.3 Å². The maximum Gasteiger partial charge on any atom is 0.262 e. The maximum atomic E-state index is 14.8. The van der Waals surface area contributed by atoms with Crippen LogP contribution in [0.2, 0.25) is 5.02 Å². The molecule has 38 heavy (non-hydrogen) atoms. The predicted octanol–water partition coefficient (Wildman–Crippen LogP) is 5.49. The summed E-state index contributed by atoms with van der Waals surface area (Å²) in [6.07, 6.45) is 3.20. The van der Waals surface area contributed by atoms with E-state index in [9.17, 15) is 9.90 Å². The molecule has 2 heterocycles. The number of Topliss-reactive ketones (excluding diaryl/α,β-unsaturated/α-hetero) is 1. The first-order chi connectivity index (χ1) is 17.8. The molecule has 1 N–H and O–H groups in total. The minimum atomic E-state index is -1.71. The van der Waals surface area contributed by atoms with Crippen LogP contribution in [-0.4, -0.2) is 46.2 Å². The molecule has 1 aliphatic heterocycles. The smallest absolute Gasteiger partial charge is 0.262 e. The van der Waals surface area contributed by atoms with Gasteiger partial charge in [0.25, 0.3) is 5.88 Å². The lowest BCUT2D eigenvalue weighted by Crippen LogP contribution is -2.68. The van der Waals surface area contributed by atoms with Crippen LogP contribution in [0.1, 0.15) is 48.0 Å². The Balaban J connectivity index is 1.42. The van der Waals surface area contributed by atoms with E-state index >= 15 is 0 Å². The Kier molecular flexibility index (Phi) is 4.90. The molecule has 3 fully saturated rings. The number of benzene rings is 1. The largest absolute Gasteiger partial charge is 0.464 e. The number of carbonyl (C=O) groups excluding carboxylic acids is 1. The van der Waals surface area contributed by atoms with Gasteiger partial charge in [0.05, 0.1) is 17.4 Å². The highest BCUT2D eigenvalue weighted by Gasteiger charge is 2.77. The highest BCUT2D eigenvalue weighted by Crippen LogP contribution is 2.72. The molecule has 2 saturated carbocycles. The van der Waals surface area contributed by atoms with Crippen molar-refractivity contribution in [3.8, 4) is 5.88 Å². The number of aliphatic hydroxyl groups is 1. The van der Waals surface area contributed by atoms with Crippen molar-refractivity contribution in [2.24, 2.45) is 34.5 Å². The third kappa shape index (κ3) is 2.96. The Labute approximate surface area is 227 Å². The van der Waals surface area contributed by atoms with Gasteiger partial charge in [0, 0.05) is 17.0 Å². The molecule has 2 aromatic rings. The normalized spacial score (nSPS) is 42.3. The zero-order chi connectivity index (χ0) is 27.0. The average Bonchev–Trinajstić information content (AvgIpc) is 3.12. The van der Waals surface area contributed by atoms with Gasteiger partial charge in [-0.15, -0.1) is 0 Å². The summed E-state index contributed by atoms with van der Waals surface area (Å²) in [5, 5.41) is 18.5. The second-order valence-electron chi connectivity index (χ2n) is 13.1. The number of hydrogen-bond acceptors (Lipinski definition) is 7. The molecular weight excluding hydrogens is 506 g/mol. The molecule has 7 rings (SSSR count). The molecule has 202 valence electrons. The van der Waals surface area contributed by atoms with E-state index in [0.717, 1.165) is 17.6 Å². The van der Waals surface area contributed by atoms with Gasteiger partial charge in [-0.25, -0.2) is 0 Å². The van der Waals surface area contributed by atoms with E-state index < -0.39 is 29.0 Å². The highest BCUT2D eigenvalue weighted by atomic mass is 35.5. The fraction of sp³-hybridized carbons (Fsp3) is 0.600. The predicted molar refractivity (Wildman–Crippen MR) is 141 cm³/mol. The Morgan fingerprint density at radius 2 is 1.97 bits per heavy atom. The molecule has 1 aromatic heterocycles. The van der Waals surface area contributed by atoms with Gasteiger partial charge in [0.1, 0.15) is 6.10 Å². The molecule has 7 nitrogen and oxygen atoms in total. The summed E-state index contributed by atoms with van der Waals surface area (Å²) < 4.78 is 24.7. The van der Waals surface area contributed by atoms with E-state index in [2.05, 4.69) is 32.0 Å². The number of aromatic nitrogens is 1. The van der Waals surface area contributed by atoms with Crippen molar-refractivity contribution >= 4 is 28.4 Å². The Bertz CT molecular complexity index is 1440. The van der Waals surface area contributed by atoms with Gasteiger partial charge in [-0.3, -0.25) is 4.79 Å². The van der Waals surface area contributed by atoms with Crippen molar-refractivity contribution in [1.29, 1.82) is 0 Å². The van der Waals surface area contributed by atoms with Crippen molar-refractivity contribution in [1.82, 2.24) is 5.16 Å². The van der Waals surface area contributed by atoms with E-state index in [4.69, 9.17) is 30.3 Å². The highest BCUT2D eigenvalue weighted by molar-refractivity contribution is 6.31. The van der Waals surface area contributed by atoms with Gasteiger partial charge in [0.2, 0.25) is 0 Å². The Morgan fingerprint density at radius 1 is 1.21 bits per heavy atom. The SMILES string of the molecule is CC1=C[C@]23C(=O)[C@@H](C=C4COC(C)(C)O[C@H]4[C@]2(O)[C@H]1Oc1noc2cc(Cl)ccc12)[C@H]1[C@@H](C[C@H]3C)C1(C)C. The number of halogens is 1. The lowest BCUT2D eigenvalue weighted by molar-refractivity contribution is -0.301. The number of carbonyl (C=O) groups is 1. The van der Waals surface area contributed by atoms with Gasteiger partial charge >= 0.3 is 0 Å². The molecule has 4 aliphatic carbocycles. The zero-order valence-corrected chi connectivity index (χ0v) is 23.3. The minimum absolute atomic E-state index is 0.0520. The van der Waals surface area contributed by atoms with Gasteiger partial charge < -0.3 is 23.8 Å². The molecule has 0 radical (unpaired) electrons. The molecule has 1 spiro atoms. The number of ether oxygens (including phenoxy) is 3. The van der Waals surface area contributed by atoms with Crippen LogP contribution in [0.15, 0.2) is 46.0 Å². The minimum Gasteiger partial charge on any atom is -0.464 e. The first-order valence-electron chi connectivity index (χ1n) is 13.5. The van der Waals surface area contributed by atoms with Crippen LogP contribution in [0.3, 0.4) is 0 Å². The second-order valence-corrected chi connectivity index (χ2v) is 13.6. The van der Waals surface area contributed by atoms with Gasteiger partial charge in [-0.1, -0.05) is 44.5 Å². The summed E-state index contributed by atoms with van der Waals surface area (Å²) in [6, 6.07) is 5.21. The molecule has 1 saturated heterocycles. The van der Waals surface area contributed by atoms with Crippen molar-refractivity contribution in [3.05, 3.63) is 46.5 Å². The first kappa shape index (κ1) is 24.8. The topological polar surface area (TPSA) is 91.0 Å². The summed E-state index contributed by atoms with van der Waals surface area (Å²) in [5.74, 6) is -0.468. The quantitative estimate of drug-likeness (QED) is 0.504. The summed E-state index contributed by atoms with van der Waals surface area (Å²) in [6.45, 7) is 12.5. The first-order valence-corrected chi connectivity index (χ1v) is 13.9. The van der Waals surface area contributed by atoms with E-state index in [1.165, 1.54) is 0 Å². The molecule has 2 bridgehead atoms. The number of ketones is 1. The number of allylic oxidation sites excluding steroid dienone is 1. The van der Waals surface area contributed by atoms with Crippen LogP contribution < -0.4 is 4.74 Å². The standard InChI is InChI=1S/C30H34ClNO6/c1-14-12-29-15(2)9-20-22(27(20,3)4)19(23(29)33)10-16-13-35-28(5,6)37-25(16)30(29,34)24(14)36-26-18-8-7-17(31)11-21(18)38-32-26/h7-8,10-12,15,19-20,22,24-25,34H,9,13H2,1-6H3/t15-,19+,20-,22+,24+,25-,29+,30-/m1/s1. The van der Waals surface area contributed by atoms with Gasteiger partial charge in [-0.2, -0.15) is 0 Å². The second kappa shape index (κ2) is 7.51. The number of rotatable bonds is 2.